The van der Waals surface area contributed by atoms with E-state index in [1.807, 2.05) is 13.8 Å². The lowest BCUT2D eigenvalue weighted by molar-refractivity contribution is -0.121. The van der Waals surface area contributed by atoms with Crippen LogP contribution in [-0.4, -0.2) is 17.7 Å². The van der Waals surface area contributed by atoms with E-state index in [2.05, 4.69) is 0 Å². The topological polar surface area (TPSA) is 86.2 Å². The molecular formula is C9H18N2O2. The van der Waals surface area contributed by atoms with Gasteiger partial charge in [0, 0.05) is 12.8 Å². The van der Waals surface area contributed by atoms with Crippen LogP contribution in [0.5, 0.6) is 0 Å². The van der Waals surface area contributed by atoms with Crippen molar-refractivity contribution in [2.45, 2.75) is 39.2 Å². The van der Waals surface area contributed by atoms with Crippen molar-refractivity contribution in [3.63, 3.8) is 0 Å². The molecule has 0 aliphatic rings. The highest BCUT2D eigenvalue weighted by molar-refractivity contribution is 5.84. The first-order valence-electron chi connectivity index (χ1n) is 4.50. The Kier molecular flexibility index (Phi) is 5.30. The molecule has 0 rings (SSSR count). The third-order valence-corrected chi connectivity index (χ3v) is 1.72. The Labute approximate surface area is 78.7 Å². The van der Waals surface area contributed by atoms with Gasteiger partial charge in [-0.15, -0.1) is 0 Å². The van der Waals surface area contributed by atoms with Crippen molar-refractivity contribution >= 4 is 11.7 Å². The standard InChI is InChI=1S/C9H18N2O2/c1-6(2)5-8(12)7(10)3-4-9(11)13/h6-7H,3-5,10H2,1-2H3,(H2,11,13)/t7-/m0/s1. The second-order valence-corrected chi connectivity index (χ2v) is 3.68. The first-order chi connectivity index (χ1) is 5.93. The Morgan fingerprint density at radius 3 is 2.23 bits per heavy atom. The molecule has 0 aromatic heterocycles. The molecule has 4 N–H and O–H groups in total. The summed E-state index contributed by atoms with van der Waals surface area (Å²) in [5, 5.41) is 0. The summed E-state index contributed by atoms with van der Waals surface area (Å²) in [5.41, 5.74) is 10.5. The molecule has 0 spiro atoms. The number of hydrogen-bond acceptors (Lipinski definition) is 3. The van der Waals surface area contributed by atoms with E-state index in [4.69, 9.17) is 11.5 Å². The number of hydrogen-bond donors (Lipinski definition) is 2. The van der Waals surface area contributed by atoms with Gasteiger partial charge in [0.1, 0.15) is 5.78 Å². The lowest BCUT2D eigenvalue weighted by atomic mass is 9.99. The summed E-state index contributed by atoms with van der Waals surface area (Å²) in [6.45, 7) is 3.91. The number of carbonyl (C=O) groups excluding carboxylic acids is 2. The number of nitrogens with two attached hydrogens (primary N) is 2. The van der Waals surface area contributed by atoms with Crippen LogP contribution < -0.4 is 11.5 Å². The van der Waals surface area contributed by atoms with Gasteiger partial charge in [-0.1, -0.05) is 13.8 Å². The number of carbonyl (C=O) groups is 2. The van der Waals surface area contributed by atoms with Gasteiger partial charge in [-0.3, -0.25) is 9.59 Å². The van der Waals surface area contributed by atoms with Crippen molar-refractivity contribution in [1.82, 2.24) is 0 Å². The normalized spacial score (nSPS) is 12.9. The maximum absolute atomic E-state index is 11.3. The fourth-order valence-corrected chi connectivity index (χ4v) is 1.01. The summed E-state index contributed by atoms with van der Waals surface area (Å²) >= 11 is 0. The van der Waals surface area contributed by atoms with Gasteiger partial charge in [0.2, 0.25) is 5.91 Å². The summed E-state index contributed by atoms with van der Waals surface area (Å²) < 4.78 is 0. The highest BCUT2D eigenvalue weighted by atomic mass is 16.1. The molecule has 1 amide bonds. The highest BCUT2D eigenvalue weighted by Gasteiger charge is 2.15. The van der Waals surface area contributed by atoms with E-state index < -0.39 is 11.9 Å². The maximum Gasteiger partial charge on any atom is 0.217 e. The van der Waals surface area contributed by atoms with Crippen LogP contribution in [0.4, 0.5) is 0 Å². The van der Waals surface area contributed by atoms with Gasteiger partial charge in [-0.2, -0.15) is 0 Å². The van der Waals surface area contributed by atoms with Crippen molar-refractivity contribution in [2.24, 2.45) is 17.4 Å². The van der Waals surface area contributed by atoms with E-state index in [-0.39, 0.29) is 12.2 Å². The summed E-state index contributed by atoms with van der Waals surface area (Å²) in [4.78, 5) is 21.7. The fraction of sp³-hybridized carbons (Fsp3) is 0.778. The van der Waals surface area contributed by atoms with Crippen molar-refractivity contribution < 1.29 is 9.59 Å². The summed E-state index contributed by atoms with van der Waals surface area (Å²) in [6, 6.07) is -0.533. The Balaban J connectivity index is 3.76. The molecule has 0 aromatic carbocycles. The van der Waals surface area contributed by atoms with E-state index >= 15 is 0 Å². The summed E-state index contributed by atoms with van der Waals surface area (Å²) in [6.07, 6.45) is 1.02. The highest BCUT2D eigenvalue weighted by Crippen LogP contribution is 2.05. The van der Waals surface area contributed by atoms with Gasteiger partial charge in [0.05, 0.1) is 6.04 Å². The molecule has 4 heteroatoms. The molecule has 0 fully saturated rings. The zero-order chi connectivity index (χ0) is 10.4. The average molecular weight is 186 g/mol. The van der Waals surface area contributed by atoms with Gasteiger partial charge in [-0.25, -0.2) is 0 Å². The van der Waals surface area contributed by atoms with E-state index in [0.717, 1.165) is 0 Å². The average Bonchev–Trinajstić information content (AvgIpc) is 1.98. The summed E-state index contributed by atoms with van der Waals surface area (Å²) in [7, 11) is 0. The van der Waals surface area contributed by atoms with Gasteiger partial charge in [0.25, 0.3) is 0 Å². The molecule has 76 valence electrons. The van der Waals surface area contributed by atoms with Crippen molar-refractivity contribution in [1.29, 1.82) is 0 Å². The van der Waals surface area contributed by atoms with Crippen LogP contribution in [0.3, 0.4) is 0 Å². The van der Waals surface area contributed by atoms with Crippen LogP contribution in [0.1, 0.15) is 33.1 Å². The second-order valence-electron chi connectivity index (χ2n) is 3.68. The van der Waals surface area contributed by atoms with E-state index in [1.54, 1.807) is 0 Å². The predicted molar refractivity (Wildman–Crippen MR) is 50.9 cm³/mol. The molecule has 0 aromatic rings. The SMILES string of the molecule is CC(C)CC(=O)[C@@H](N)CCC(N)=O. The Morgan fingerprint density at radius 1 is 1.31 bits per heavy atom. The lowest BCUT2D eigenvalue weighted by Crippen LogP contribution is -2.32. The van der Waals surface area contributed by atoms with E-state index in [9.17, 15) is 9.59 Å². The molecule has 0 radical (unpaired) electrons. The smallest absolute Gasteiger partial charge is 0.217 e. The minimum absolute atomic E-state index is 0.0104. The molecule has 1 atom stereocenters. The largest absolute Gasteiger partial charge is 0.370 e. The molecular weight excluding hydrogens is 168 g/mol. The van der Waals surface area contributed by atoms with Crippen molar-refractivity contribution in [3.05, 3.63) is 0 Å². The molecule has 0 unspecified atom stereocenters. The minimum atomic E-state index is -0.533. The van der Waals surface area contributed by atoms with Crippen LogP contribution in [-0.2, 0) is 9.59 Å². The van der Waals surface area contributed by atoms with Gasteiger partial charge in [0.15, 0.2) is 0 Å². The van der Waals surface area contributed by atoms with Crippen LogP contribution in [0, 0.1) is 5.92 Å². The maximum atomic E-state index is 11.3. The number of rotatable bonds is 6. The Bertz CT molecular complexity index is 190. The Morgan fingerprint density at radius 2 is 1.85 bits per heavy atom. The zero-order valence-electron chi connectivity index (χ0n) is 8.25. The molecule has 0 bridgehead atoms. The number of Topliss-reactive ketones (excluding diaryl/α,β-unsaturated/α-hetero) is 1. The fourth-order valence-electron chi connectivity index (χ4n) is 1.01. The van der Waals surface area contributed by atoms with E-state index in [0.29, 0.717) is 18.8 Å². The van der Waals surface area contributed by atoms with E-state index in [1.165, 1.54) is 0 Å². The predicted octanol–water partition coefficient (Wildman–Crippen LogP) is 0.194. The molecule has 0 aliphatic carbocycles. The zero-order valence-corrected chi connectivity index (χ0v) is 8.25. The van der Waals surface area contributed by atoms with Crippen LogP contribution in [0.15, 0.2) is 0 Å². The van der Waals surface area contributed by atoms with Crippen LogP contribution >= 0.6 is 0 Å². The summed E-state index contributed by atoms with van der Waals surface area (Å²) in [5.74, 6) is -0.0869. The third kappa shape index (κ3) is 6.28. The Hall–Kier alpha value is -0.900. The monoisotopic (exact) mass is 186 g/mol. The second kappa shape index (κ2) is 5.70. The van der Waals surface area contributed by atoms with Gasteiger partial charge in [-0.05, 0) is 12.3 Å². The third-order valence-electron chi connectivity index (χ3n) is 1.72. The molecule has 4 nitrogen and oxygen atoms in total. The van der Waals surface area contributed by atoms with Crippen LogP contribution in [0.2, 0.25) is 0 Å². The van der Waals surface area contributed by atoms with Crippen molar-refractivity contribution in [2.75, 3.05) is 0 Å². The van der Waals surface area contributed by atoms with Crippen molar-refractivity contribution in [3.8, 4) is 0 Å². The van der Waals surface area contributed by atoms with Gasteiger partial charge < -0.3 is 11.5 Å². The molecule has 0 heterocycles. The molecule has 0 aliphatic heterocycles. The number of amides is 1. The number of primary amides is 1. The van der Waals surface area contributed by atoms with Crippen LogP contribution in [0.25, 0.3) is 0 Å². The first kappa shape index (κ1) is 12.1. The quantitative estimate of drug-likeness (QED) is 0.621. The number of ketones is 1. The molecule has 0 saturated heterocycles. The van der Waals surface area contributed by atoms with Gasteiger partial charge >= 0.3 is 0 Å². The molecule has 13 heavy (non-hydrogen) atoms. The minimum Gasteiger partial charge on any atom is -0.370 e. The first-order valence-corrected chi connectivity index (χ1v) is 4.50. The molecule has 0 saturated carbocycles. The lowest BCUT2D eigenvalue weighted by Gasteiger charge is -2.10.